The summed E-state index contributed by atoms with van der Waals surface area (Å²) >= 11 is 0. The summed E-state index contributed by atoms with van der Waals surface area (Å²) in [4.78, 5) is 20.0. The molecule has 1 aromatic carbocycles. The van der Waals surface area contributed by atoms with Gasteiger partial charge in [0.25, 0.3) is 0 Å². The quantitative estimate of drug-likeness (QED) is 0.485. The Labute approximate surface area is 220 Å². The minimum Gasteiger partial charge on any atom is -0.475 e. The molecule has 8 nitrogen and oxygen atoms in total. The number of halogens is 6. The first-order valence-corrected chi connectivity index (χ1v) is 12.3. The van der Waals surface area contributed by atoms with Crippen LogP contribution in [-0.4, -0.2) is 85.7 Å². The molecule has 4 rings (SSSR count). The molecule has 3 heterocycles. The lowest BCUT2D eigenvalue weighted by molar-refractivity contribution is -0.300. The van der Waals surface area contributed by atoms with E-state index in [-0.39, 0.29) is 31.3 Å². The zero-order valence-corrected chi connectivity index (χ0v) is 21.0. The number of aliphatic hydroxyl groups excluding tert-OH is 1. The number of carbonyl (C=O) groups is 1. The van der Waals surface area contributed by atoms with Crippen molar-refractivity contribution in [1.29, 1.82) is 0 Å². The number of benzene rings is 1. The number of alkyl halides is 5. The van der Waals surface area contributed by atoms with E-state index in [1.807, 2.05) is 4.90 Å². The van der Waals surface area contributed by atoms with Gasteiger partial charge in [0.05, 0.1) is 31.4 Å². The second kappa shape index (κ2) is 11.5. The summed E-state index contributed by atoms with van der Waals surface area (Å²) in [6.07, 6.45) is -6.27. The van der Waals surface area contributed by atoms with Gasteiger partial charge in [0, 0.05) is 32.2 Å². The van der Waals surface area contributed by atoms with E-state index >= 15 is 0 Å². The summed E-state index contributed by atoms with van der Waals surface area (Å²) in [6, 6.07) is 4.90. The molecule has 0 spiro atoms. The van der Waals surface area contributed by atoms with Crippen LogP contribution in [0.2, 0.25) is 0 Å². The first-order chi connectivity index (χ1) is 18.4. The zero-order chi connectivity index (χ0) is 28.4. The third kappa shape index (κ3) is 6.32. The Kier molecular flexibility index (Phi) is 8.45. The standard InChI is InChI=1S/C25H28F6N4O4/c1-15-10-19(26)20(32-23(37)35-3-2-17(14-35)24(27,28)25(29,30)31)13-18(15)16-11-21(34-4-7-38-8-5-34)33-22(12-16)39-9-6-36/h10-13,17,36H,2-9,14H2,1H3,(H,32,37)/t17-/m1/s1. The van der Waals surface area contributed by atoms with E-state index in [9.17, 15) is 31.1 Å². The number of rotatable bonds is 7. The molecule has 39 heavy (non-hydrogen) atoms. The lowest BCUT2D eigenvalue weighted by Crippen LogP contribution is -2.45. The van der Waals surface area contributed by atoms with Gasteiger partial charge in [-0.15, -0.1) is 0 Å². The molecular formula is C25H28F6N4O4. The van der Waals surface area contributed by atoms with Gasteiger partial charge in [0.1, 0.15) is 18.2 Å². The van der Waals surface area contributed by atoms with E-state index in [0.29, 0.717) is 48.8 Å². The van der Waals surface area contributed by atoms with E-state index in [2.05, 4.69) is 10.3 Å². The van der Waals surface area contributed by atoms with Crippen molar-refractivity contribution >= 4 is 17.5 Å². The third-order valence-electron chi connectivity index (χ3n) is 6.70. The van der Waals surface area contributed by atoms with Gasteiger partial charge in [-0.2, -0.15) is 26.9 Å². The lowest BCUT2D eigenvalue weighted by atomic mass is 10.00. The van der Waals surface area contributed by atoms with Crippen molar-refractivity contribution in [1.82, 2.24) is 9.88 Å². The van der Waals surface area contributed by atoms with Crippen LogP contribution in [0.25, 0.3) is 11.1 Å². The molecule has 0 unspecified atom stereocenters. The second-order valence-corrected chi connectivity index (χ2v) is 9.35. The van der Waals surface area contributed by atoms with Crippen molar-refractivity contribution in [3.05, 3.63) is 35.6 Å². The van der Waals surface area contributed by atoms with E-state index in [4.69, 9.17) is 14.6 Å². The van der Waals surface area contributed by atoms with Crippen molar-refractivity contribution in [2.75, 3.05) is 62.8 Å². The predicted octanol–water partition coefficient (Wildman–Crippen LogP) is 4.46. The number of hydrogen-bond donors (Lipinski definition) is 2. The molecular weight excluding hydrogens is 534 g/mol. The summed E-state index contributed by atoms with van der Waals surface area (Å²) in [6.45, 7) is 2.39. The molecule has 2 fully saturated rings. The summed E-state index contributed by atoms with van der Waals surface area (Å²) < 4.78 is 91.5. The maximum atomic E-state index is 14.8. The van der Waals surface area contributed by atoms with Crippen LogP contribution in [-0.2, 0) is 4.74 Å². The van der Waals surface area contributed by atoms with Crippen molar-refractivity contribution in [3.8, 4) is 17.0 Å². The third-order valence-corrected chi connectivity index (χ3v) is 6.70. The summed E-state index contributed by atoms with van der Waals surface area (Å²) in [5.74, 6) is -7.06. The number of hydrogen-bond acceptors (Lipinski definition) is 6. The van der Waals surface area contributed by atoms with Crippen LogP contribution in [0.1, 0.15) is 12.0 Å². The second-order valence-electron chi connectivity index (χ2n) is 9.35. The van der Waals surface area contributed by atoms with Crippen LogP contribution in [0.15, 0.2) is 24.3 Å². The largest absolute Gasteiger partial charge is 0.475 e. The maximum Gasteiger partial charge on any atom is 0.453 e. The predicted molar refractivity (Wildman–Crippen MR) is 130 cm³/mol. The first kappa shape index (κ1) is 28.7. The molecule has 2 aliphatic rings. The normalized spacial score (nSPS) is 18.4. The summed E-state index contributed by atoms with van der Waals surface area (Å²) in [7, 11) is 0. The average Bonchev–Trinajstić information content (AvgIpc) is 3.40. The van der Waals surface area contributed by atoms with Gasteiger partial charge in [0.15, 0.2) is 0 Å². The molecule has 0 aliphatic carbocycles. The molecule has 0 radical (unpaired) electrons. The van der Waals surface area contributed by atoms with Gasteiger partial charge in [-0.25, -0.2) is 9.18 Å². The topological polar surface area (TPSA) is 87.2 Å². The molecule has 2 aromatic rings. The van der Waals surface area contributed by atoms with E-state index < -0.39 is 42.8 Å². The Balaban J connectivity index is 1.59. The van der Waals surface area contributed by atoms with Gasteiger partial charge < -0.3 is 29.7 Å². The number of nitrogens with zero attached hydrogens (tertiary/aromatic N) is 3. The Morgan fingerprint density at radius 1 is 1.15 bits per heavy atom. The van der Waals surface area contributed by atoms with Crippen molar-refractivity contribution in [2.45, 2.75) is 25.4 Å². The molecule has 0 bridgehead atoms. The Morgan fingerprint density at radius 2 is 1.87 bits per heavy atom. The van der Waals surface area contributed by atoms with Gasteiger partial charge in [-0.1, -0.05) is 0 Å². The molecule has 0 saturated carbocycles. The van der Waals surface area contributed by atoms with Gasteiger partial charge in [-0.3, -0.25) is 0 Å². The SMILES string of the molecule is Cc1cc(F)c(NC(=O)N2CC[C@@H](C(F)(F)C(F)(F)F)C2)cc1-c1cc(OCCO)nc(N2CCOCC2)c1. The van der Waals surface area contributed by atoms with Crippen molar-refractivity contribution in [3.63, 3.8) is 0 Å². The highest BCUT2D eigenvalue weighted by atomic mass is 19.4. The number of aliphatic hydroxyl groups is 1. The number of pyridine rings is 1. The number of nitrogens with one attached hydrogen (secondary N) is 1. The highest BCUT2D eigenvalue weighted by Crippen LogP contribution is 2.44. The van der Waals surface area contributed by atoms with E-state index in [1.54, 1.807) is 19.1 Å². The first-order valence-electron chi connectivity index (χ1n) is 12.3. The monoisotopic (exact) mass is 562 g/mol. The number of aryl methyl sites for hydroxylation is 1. The number of aromatic nitrogens is 1. The fraction of sp³-hybridized carbons (Fsp3) is 0.520. The molecule has 2 aliphatic heterocycles. The lowest BCUT2D eigenvalue weighted by Gasteiger charge is -2.28. The van der Waals surface area contributed by atoms with Crippen LogP contribution in [0, 0.1) is 18.7 Å². The number of likely N-dealkylation sites (tertiary alicyclic amines) is 1. The summed E-state index contributed by atoms with van der Waals surface area (Å²) in [5.41, 5.74) is 1.30. The number of morpholine rings is 1. The van der Waals surface area contributed by atoms with Gasteiger partial charge in [-0.05, 0) is 48.2 Å². The Morgan fingerprint density at radius 3 is 2.54 bits per heavy atom. The summed E-state index contributed by atoms with van der Waals surface area (Å²) in [5, 5.41) is 11.5. The van der Waals surface area contributed by atoms with E-state index in [1.165, 1.54) is 12.1 Å². The fourth-order valence-corrected chi connectivity index (χ4v) is 4.57. The fourth-order valence-electron chi connectivity index (χ4n) is 4.57. The minimum absolute atomic E-state index is 0.00702. The zero-order valence-electron chi connectivity index (χ0n) is 21.0. The van der Waals surface area contributed by atoms with E-state index in [0.717, 1.165) is 4.90 Å². The molecule has 1 atom stereocenters. The Bertz CT molecular complexity index is 1190. The maximum absolute atomic E-state index is 14.8. The molecule has 2 saturated heterocycles. The molecule has 2 N–H and O–H groups in total. The van der Waals surface area contributed by atoms with Crippen LogP contribution in [0.4, 0.5) is 42.6 Å². The average molecular weight is 563 g/mol. The van der Waals surface area contributed by atoms with Crippen LogP contribution in [0.3, 0.4) is 0 Å². The number of amides is 2. The van der Waals surface area contributed by atoms with Crippen LogP contribution < -0.4 is 15.0 Å². The number of anilines is 2. The molecule has 214 valence electrons. The number of carbonyl (C=O) groups excluding carboxylic acids is 1. The van der Waals surface area contributed by atoms with Crippen molar-refractivity contribution in [2.24, 2.45) is 5.92 Å². The molecule has 2 amide bonds. The highest BCUT2D eigenvalue weighted by molar-refractivity contribution is 5.91. The van der Waals surface area contributed by atoms with Crippen LogP contribution >= 0.6 is 0 Å². The minimum atomic E-state index is -5.73. The number of ether oxygens (including phenoxy) is 2. The van der Waals surface area contributed by atoms with Gasteiger partial charge in [0.2, 0.25) is 5.88 Å². The molecule has 1 aromatic heterocycles. The Hall–Kier alpha value is -3.26. The highest BCUT2D eigenvalue weighted by Gasteiger charge is 2.63. The molecule has 14 heteroatoms. The van der Waals surface area contributed by atoms with Crippen LogP contribution in [0.5, 0.6) is 5.88 Å². The van der Waals surface area contributed by atoms with Gasteiger partial charge >= 0.3 is 18.1 Å². The van der Waals surface area contributed by atoms with Crippen molar-refractivity contribution < 1.29 is 45.7 Å². The number of urea groups is 1. The smallest absolute Gasteiger partial charge is 0.453 e.